The van der Waals surface area contributed by atoms with E-state index in [1.54, 1.807) is 12.1 Å². The molecule has 4 aromatic rings. The molecule has 0 spiro atoms. The molecule has 4 aromatic carbocycles. The molecule has 4 rings (SSSR count). The maximum atomic E-state index is 12.5. The molecular weight excluding hydrogens is 420 g/mol. The van der Waals surface area contributed by atoms with Gasteiger partial charge in [0, 0.05) is 0 Å². The second kappa shape index (κ2) is 10.4. The lowest BCUT2D eigenvalue weighted by Crippen LogP contribution is -2.10. The van der Waals surface area contributed by atoms with Gasteiger partial charge < -0.3 is 9.47 Å². The number of ether oxygens (including phenoxy) is 2. The molecule has 0 aromatic heterocycles. The van der Waals surface area contributed by atoms with Crippen LogP contribution in [0.25, 0.3) is 11.1 Å². The van der Waals surface area contributed by atoms with Crippen LogP contribution in [-0.2, 0) is 23.4 Å². The molecule has 0 saturated heterocycles. The molecule has 0 unspecified atom stereocenters. The van der Waals surface area contributed by atoms with Crippen LogP contribution in [0.4, 0.5) is 0 Å². The summed E-state index contributed by atoms with van der Waals surface area (Å²) in [6.45, 7) is 7.26. The number of hydrogen-bond donors (Lipinski definition) is 0. The Labute approximate surface area is 202 Å². The zero-order valence-corrected chi connectivity index (χ0v) is 20.0. The molecule has 0 fully saturated rings. The highest BCUT2D eigenvalue weighted by molar-refractivity contribution is 5.89. The molecule has 0 amide bonds. The van der Waals surface area contributed by atoms with Gasteiger partial charge in [-0.1, -0.05) is 99.6 Å². The fraction of sp³-hybridized carbons (Fsp3) is 0.194. The highest BCUT2D eigenvalue weighted by atomic mass is 16.5. The van der Waals surface area contributed by atoms with Gasteiger partial charge in [0.15, 0.2) is 0 Å². The summed E-state index contributed by atoms with van der Waals surface area (Å²) in [5, 5.41) is 0. The highest BCUT2D eigenvalue weighted by Crippen LogP contribution is 2.25. The molecule has 0 heterocycles. The van der Waals surface area contributed by atoms with Gasteiger partial charge in [-0.2, -0.15) is 0 Å². The highest BCUT2D eigenvalue weighted by Gasteiger charge is 2.13. The molecule has 0 N–H and O–H groups in total. The Morgan fingerprint density at radius 1 is 0.647 bits per heavy atom. The van der Waals surface area contributed by atoms with E-state index in [2.05, 4.69) is 45.0 Å². The molecule has 172 valence electrons. The molecule has 0 aliphatic heterocycles. The largest absolute Gasteiger partial charge is 0.489 e. The molecule has 0 atom stereocenters. The number of esters is 1. The molecule has 0 aliphatic carbocycles. The SMILES string of the molecule is CC(C)(C)c1ccc(OCc2ccc(C(=O)OCc3ccc(-c4ccccc4)cc3)cc2)cc1. The summed E-state index contributed by atoms with van der Waals surface area (Å²) in [5.74, 6) is 0.493. The Hall–Kier alpha value is -3.85. The smallest absolute Gasteiger partial charge is 0.338 e. The van der Waals surface area contributed by atoms with E-state index in [0.29, 0.717) is 12.2 Å². The van der Waals surface area contributed by atoms with E-state index >= 15 is 0 Å². The fourth-order valence-corrected chi connectivity index (χ4v) is 3.61. The van der Waals surface area contributed by atoms with Crippen LogP contribution in [0, 0.1) is 0 Å². The van der Waals surface area contributed by atoms with E-state index in [9.17, 15) is 4.79 Å². The minimum atomic E-state index is -0.336. The Kier molecular flexibility index (Phi) is 7.12. The van der Waals surface area contributed by atoms with Crippen LogP contribution in [0.15, 0.2) is 103 Å². The maximum absolute atomic E-state index is 12.5. The van der Waals surface area contributed by atoms with Crippen LogP contribution in [0.3, 0.4) is 0 Å². The van der Waals surface area contributed by atoms with Gasteiger partial charge >= 0.3 is 5.97 Å². The van der Waals surface area contributed by atoms with Crippen LogP contribution in [-0.4, -0.2) is 5.97 Å². The molecule has 34 heavy (non-hydrogen) atoms. The van der Waals surface area contributed by atoms with Crippen molar-refractivity contribution in [3.63, 3.8) is 0 Å². The molecule has 3 nitrogen and oxygen atoms in total. The van der Waals surface area contributed by atoms with Crippen molar-refractivity contribution in [2.24, 2.45) is 0 Å². The topological polar surface area (TPSA) is 35.5 Å². The van der Waals surface area contributed by atoms with Crippen LogP contribution in [0.1, 0.15) is 47.8 Å². The number of carbonyl (C=O) groups excluding carboxylic acids is 1. The van der Waals surface area contributed by atoms with Crippen molar-refractivity contribution in [1.82, 2.24) is 0 Å². The van der Waals surface area contributed by atoms with E-state index in [-0.39, 0.29) is 18.0 Å². The van der Waals surface area contributed by atoms with Gasteiger partial charge in [-0.15, -0.1) is 0 Å². The second-order valence-corrected chi connectivity index (χ2v) is 9.40. The first-order valence-electron chi connectivity index (χ1n) is 11.5. The molecule has 3 heteroatoms. The third-order valence-electron chi connectivity index (χ3n) is 5.75. The van der Waals surface area contributed by atoms with Crippen molar-refractivity contribution in [3.8, 4) is 16.9 Å². The summed E-state index contributed by atoms with van der Waals surface area (Å²) in [6.07, 6.45) is 0. The number of carbonyl (C=O) groups is 1. The summed E-state index contributed by atoms with van der Waals surface area (Å²) in [7, 11) is 0. The van der Waals surface area contributed by atoms with Gasteiger partial charge in [-0.05, 0) is 57.5 Å². The molecule has 0 bridgehead atoms. The Morgan fingerprint density at radius 2 is 1.21 bits per heavy atom. The molecule has 0 saturated carbocycles. The predicted octanol–water partition coefficient (Wildman–Crippen LogP) is 7.59. The van der Waals surface area contributed by atoms with E-state index in [0.717, 1.165) is 28.0 Å². The van der Waals surface area contributed by atoms with Crippen molar-refractivity contribution in [1.29, 1.82) is 0 Å². The summed E-state index contributed by atoms with van der Waals surface area (Å²) in [4.78, 5) is 12.5. The first-order chi connectivity index (χ1) is 16.4. The van der Waals surface area contributed by atoms with E-state index < -0.39 is 0 Å². The number of hydrogen-bond acceptors (Lipinski definition) is 3. The monoisotopic (exact) mass is 450 g/mol. The van der Waals surface area contributed by atoms with Crippen molar-refractivity contribution in [2.45, 2.75) is 39.4 Å². The van der Waals surface area contributed by atoms with Gasteiger partial charge in [0.2, 0.25) is 0 Å². The van der Waals surface area contributed by atoms with Gasteiger partial charge in [0.05, 0.1) is 5.56 Å². The van der Waals surface area contributed by atoms with Gasteiger partial charge in [0.1, 0.15) is 19.0 Å². The Morgan fingerprint density at radius 3 is 1.82 bits per heavy atom. The second-order valence-electron chi connectivity index (χ2n) is 9.40. The van der Waals surface area contributed by atoms with Crippen LogP contribution in [0.5, 0.6) is 5.75 Å². The third-order valence-corrected chi connectivity index (χ3v) is 5.75. The van der Waals surface area contributed by atoms with Crippen LogP contribution >= 0.6 is 0 Å². The molecule has 0 aliphatic rings. The lowest BCUT2D eigenvalue weighted by atomic mass is 9.87. The first kappa shape index (κ1) is 23.3. The van der Waals surface area contributed by atoms with Crippen molar-refractivity contribution in [2.75, 3.05) is 0 Å². The summed E-state index contributed by atoms with van der Waals surface area (Å²) < 4.78 is 11.4. The summed E-state index contributed by atoms with van der Waals surface area (Å²) >= 11 is 0. The summed E-state index contributed by atoms with van der Waals surface area (Å²) in [5.41, 5.74) is 6.17. The molecule has 0 radical (unpaired) electrons. The van der Waals surface area contributed by atoms with Gasteiger partial charge in [-0.25, -0.2) is 4.79 Å². The average molecular weight is 451 g/mol. The quantitative estimate of drug-likeness (QED) is 0.272. The fourth-order valence-electron chi connectivity index (χ4n) is 3.61. The normalized spacial score (nSPS) is 11.1. The standard InChI is InChI=1S/C31H30O3/c1-31(2,3)28-17-19-29(20-18-28)33-21-23-11-15-27(16-12-23)30(32)34-22-24-9-13-26(14-10-24)25-7-5-4-6-8-25/h4-20H,21-22H2,1-3H3. The number of benzene rings is 4. The Bertz CT molecular complexity index is 1200. The third kappa shape index (κ3) is 6.14. The van der Waals surface area contributed by atoms with E-state index in [1.807, 2.05) is 66.7 Å². The minimum absolute atomic E-state index is 0.120. The number of rotatable bonds is 7. The Balaban J connectivity index is 1.27. The first-order valence-corrected chi connectivity index (χ1v) is 11.5. The zero-order chi connectivity index (χ0) is 24.0. The van der Waals surface area contributed by atoms with Crippen molar-refractivity contribution >= 4 is 5.97 Å². The lowest BCUT2D eigenvalue weighted by molar-refractivity contribution is 0.0472. The van der Waals surface area contributed by atoms with Gasteiger partial charge in [-0.3, -0.25) is 0 Å². The summed E-state index contributed by atoms with van der Waals surface area (Å²) in [6, 6.07) is 33.8. The lowest BCUT2D eigenvalue weighted by Gasteiger charge is -2.19. The molecular formula is C31H30O3. The maximum Gasteiger partial charge on any atom is 0.338 e. The van der Waals surface area contributed by atoms with Gasteiger partial charge in [0.25, 0.3) is 0 Å². The van der Waals surface area contributed by atoms with Crippen LogP contribution in [0.2, 0.25) is 0 Å². The minimum Gasteiger partial charge on any atom is -0.489 e. The zero-order valence-electron chi connectivity index (χ0n) is 20.0. The van der Waals surface area contributed by atoms with Crippen molar-refractivity contribution in [3.05, 3.63) is 125 Å². The predicted molar refractivity (Wildman–Crippen MR) is 137 cm³/mol. The van der Waals surface area contributed by atoms with Crippen molar-refractivity contribution < 1.29 is 14.3 Å². The van der Waals surface area contributed by atoms with E-state index in [1.165, 1.54) is 5.56 Å². The average Bonchev–Trinajstić information content (AvgIpc) is 2.87. The van der Waals surface area contributed by atoms with Crippen LogP contribution < -0.4 is 4.74 Å². The van der Waals surface area contributed by atoms with E-state index in [4.69, 9.17) is 9.47 Å².